The van der Waals surface area contributed by atoms with E-state index in [1.54, 1.807) is 6.20 Å². The lowest BCUT2D eigenvalue weighted by molar-refractivity contribution is -0.136. The maximum atomic E-state index is 13.9. The Labute approximate surface area is 239 Å². The zero-order chi connectivity index (χ0) is 27.9. The molecular formula is C32H34N6O3. The SMILES string of the molecule is Cc1cc2c(c3c1CN=C3)Cn1c(C3(C)CC3)cnc1[C@H](CC(=O)N1CCC3(CC1)OC(=O)Nc1ncccc13)C2. The lowest BCUT2D eigenvalue weighted by atomic mass is 9.83. The Bertz CT molecular complexity index is 1640. The number of piperidine rings is 1. The second-order valence-corrected chi connectivity index (χ2v) is 12.7. The van der Waals surface area contributed by atoms with Gasteiger partial charge in [-0.15, -0.1) is 0 Å². The van der Waals surface area contributed by atoms with Crippen LogP contribution in [0.1, 0.15) is 89.8 Å². The van der Waals surface area contributed by atoms with Gasteiger partial charge in [-0.3, -0.25) is 15.1 Å². The zero-order valence-corrected chi connectivity index (χ0v) is 23.6. The van der Waals surface area contributed by atoms with Crippen molar-refractivity contribution in [2.24, 2.45) is 4.99 Å². The third kappa shape index (κ3) is 3.85. The van der Waals surface area contributed by atoms with Crippen LogP contribution in [0, 0.1) is 6.92 Å². The van der Waals surface area contributed by atoms with Gasteiger partial charge in [0, 0.05) is 85.7 Å². The fourth-order valence-corrected chi connectivity index (χ4v) is 7.51. The molecule has 41 heavy (non-hydrogen) atoms. The van der Waals surface area contributed by atoms with E-state index in [9.17, 15) is 9.59 Å². The predicted molar refractivity (Wildman–Crippen MR) is 153 cm³/mol. The van der Waals surface area contributed by atoms with E-state index >= 15 is 0 Å². The van der Waals surface area contributed by atoms with Crippen molar-refractivity contribution in [2.75, 3.05) is 18.4 Å². The average Bonchev–Trinajstić information content (AvgIpc) is 3.35. The Hall–Kier alpha value is -4.01. The van der Waals surface area contributed by atoms with Gasteiger partial charge in [-0.25, -0.2) is 14.8 Å². The highest BCUT2D eigenvalue weighted by atomic mass is 16.6. The van der Waals surface area contributed by atoms with Crippen LogP contribution in [0.3, 0.4) is 0 Å². The minimum Gasteiger partial charge on any atom is -0.437 e. The number of carbonyl (C=O) groups excluding carboxylic acids is 2. The molecule has 0 radical (unpaired) electrons. The van der Waals surface area contributed by atoms with E-state index in [1.165, 1.54) is 46.4 Å². The molecule has 1 aliphatic carbocycles. The van der Waals surface area contributed by atoms with Crippen LogP contribution in [0.25, 0.3) is 0 Å². The Morgan fingerprint density at radius 3 is 2.80 bits per heavy atom. The Morgan fingerprint density at radius 1 is 1.17 bits per heavy atom. The highest BCUT2D eigenvalue weighted by molar-refractivity contribution is 5.88. The first kappa shape index (κ1) is 24.8. The van der Waals surface area contributed by atoms with Gasteiger partial charge in [-0.2, -0.15) is 0 Å². The van der Waals surface area contributed by atoms with E-state index in [1.807, 2.05) is 23.2 Å². The Balaban J connectivity index is 1.08. The summed E-state index contributed by atoms with van der Waals surface area (Å²) in [6.45, 7) is 7.11. The first-order valence-corrected chi connectivity index (χ1v) is 14.8. The van der Waals surface area contributed by atoms with Crippen molar-refractivity contribution in [1.29, 1.82) is 0 Å². The van der Waals surface area contributed by atoms with Crippen molar-refractivity contribution >= 4 is 24.0 Å². The van der Waals surface area contributed by atoms with Crippen molar-refractivity contribution in [3.05, 3.63) is 75.5 Å². The number of likely N-dealkylation sites (tertiary alicyclic amines) is 1. The topological polar surface area (TPSA) is 102 Å². The van der Waals surface area contributed by atoms with Gasteiger partial charge in [-0.05, 0) is 60.6 Å². The first-order chi connectivity index (χ1) is 19.8. The highest BCUT2D eigenvalue weighted by Crippen LogP contribution is 2.49. The summed E-state index contributed by atoms with van der Waals surface area (Å²) in [5.41, 5.74) is 8.15. The number of pyridine rings is 1. The maximum absolute atomic E-state index is 13.9. The van der Waals surface area contributed by atoms with Crippen molar-refractivity contribution in [2.45, 2.75) is 82.4 Å². The summed E-state index contributed by atoms with van der Waals surface area (Å²) in [6.07, 6.45) is 9.96. The van der Waals surface area contributed by atoms with Crippen LogP contribution in [-0.4, -0.2) is 50.7 Å². The van der Waals surface area contributed by atoms with Gasteiger partial charge in [0.2, 0.25) is 5.91 Å². The standard InChI is InChI=1S/C32H34N6O3/c1-19-12-20-13-21(29-35-17-26(31(2)5-6-31)38(29)18-24(20)23-16-33-15-22(19)23)14-27(39)37-10-7-32(8-11-37)25-4-3-9-34-28(25)36-30(40)41-32/h3-4,9,12,16-17,21H,5-8,10-11,13-15,18H2,1-2H3,(H,34,36,40)/t21-/m0/s1. The molecule has 9 heteroatoms. The molecule has 1 spiro atoms. The van der Waals surface area contributed by atoms with E-state index in [0.29, 0.717) is 38.2 Å². The molecule has 9 nitrogen and oxygen atoms in total. The lowest BCUT2D eigenvalue weighted by Gasteiger charge is -2.43. The molecule has 1 aromatic carbocycles. The van der Waals surface area contributed by atoms with Crippen LogP contribution in [0.4, 0.5) is 10.6 Å². The van der Waals surface area contributed by atoms with E-state index in [2.05, 4.69) is 46.0 Å². The predicted octanol–water partition coefficient (Wildman–Crippen LogP) is 4.73. The Morgan fingerprint density at radius 2 is 2.00 bits per heavy atom. The number of nitrogens with one attached hydrogen (secondary N) is 1. The van der Waals surface area contributed by atoms with Crippen molar-refractivity contribution in [3.8, 4) is 0 Å². The molecule has 2 fully saturated rings. The van der Waals surface area contributed by atoms with Gasteiger partial charge in [0.05, 0.1) is 6.54 Å². The molecule has 0 unspecified atom stereocenters. The number of rotatable bonds is 3. The molecule has 1 saturated heterocycles. The number of benzene rings is 1. The molecule has 1 atom stereocenters. The number of hydrogen-bond donors (Lipinski definition) is 1. The van der Waals surface area contributed by atoms with Gasteiger partial charge in [0.25, 0.3) is 0 Å². The summed E-state index contributed by atoms with van der Waals surface area (Å²) in [7, 11) is 0. The quantitative estimate of drug-likeness (QED) is 0.508. The van der Waals surface area contributed by atoms with Crippen LogP contribution in [0.15, 0.2) is 35.6 Å². The Kier molecular flexibility index (Phi) is 5.28. The molecule has 5 aliphatic rings. The second-order valence-electron chi connectivity index (χ2n) is 12.7. The minimum atomic E-state index is -0.742. The molecule has 210 valence electrons. The summed E-state index contributed by atoms with van der Waals surface area (Å²) >= 11 is 0. The van der Waals surface area contributed by atoms with Gasteiger partial charge in [0.15, 0.2) is 0 Å². The molecule has 4 aliphatic heterocycles. The van der Waals surface area contributed by atoms with E-state index in [4.69, 9.17) is 9.72 Å². The number of aromatic nitrogens is 3. The molecule has 1 N–H and O–H groups in total. The van der Waals surface area contributed by atoms with E-state index < -0.39 is 11.7 Å². The van der Waals surface area contributed by atoms with Crippen molar-refractivity contribution < 1.29 is 14.3 Å². The molecular weight excluding hydrogens is 516 g/mol. The number of anilines is 1. The molecule has 2 amide bonds. The van der Waals surface area contributed by atoms with Crippen LogP contribution >= 0.6 is 0 Å². The van der Waals surface area contributed by atoms with Crippen LogP contribution in [-0.2, 0) is 40.1 Å². The van der Waals surface area contributed by atoms with Gasteiger partial charge in [0.1, 0.15) is 17.2 Å². The number of carbonyl (C=O) groups is 2. The van der Waals surface area contributed by atoms with Gasteiger partial charge >= 0.3 is 6.09 Å². The summed E-state index contributed by atoms with van der Waals surface area (Å²) in [6, 6.07) is 6.15. The average molecular weight is 551 g/mol. The van der Waals surface area contributed by atoms with Crippen LogP contribution < -0.4 is 5.32 Å². The zero-order valence-electron chi connectivity index (χ0n) is 23.6. The highest BCUT2D eigenvalue weighted by Gasteiger charge is 2.47. The first-order valence-electron chi connectivity index (χ1n) is 14.8. The number of ether oxygens (including phenoxy) is 1. The van der Waals surface area contributed by atoms with Gasteiger partial charge in [-0.1, -0.05) is 13.0 Å². The number of nitrogens with zero attached hydrogens (tertiary/aromatic N) is 5. The number of aliphatic imine (C=N–C) groups is 1. The second kappa shape index (κ2) is 8.74. The molecule has 0 bridgehead atoms. The number of hydrogen-bond acceptors (Lipinski definition) is 6. The third-order valence-corrected chi connectivity index (χ3v) is 10.2. The van der Waals surface area contributed by atoms with Crippen LogP contribution in [0.2, 0.25) is 0 Å². The number of imidazole rings is 1. The fraction of sp³-hybridized carbons (Fsp3) is 0.469. The minimum absolute atomic E-state index is 0.00633. The fourth-order valence-electron chi connectivity index (χ4n) is 7.51. The van der Waals surface area contributed by atoms with E-state index in [0.717, 1.165) is 30.9 Å². The van der Waals surface area contributed by atoms with Crippen molar-refractivity contribution in [1.82, 2.24) is 19.4 Å². The monoisotopic (exact) mass is 550 g/mol. The van der Waals surface area contributed by atoms with Gasteiger partial charge < -0.3 is 14.2 Å². The number of amides is 2. The smallest absolute Gasteiger partial charge is 0.413 e. The normalized spacial score (nSPS) is 22.6. The summed E-state index contributed by atoms with van der Waals surface area (Å²) < 4.78 is 8.28. The third-order valence-electron chi connectivity index (χ3n) is 10.2. The molecule has 1 saturated carbocycles. The summed E-state index contributed by atoms with van der Waals surface area (Å²) in [5.74, 6) is 1.71. The maximum Gasteiger partial charge on any atom is 0.413 e. The molecule has 2 aromatic heterocycles. The molecule has 3 aromatic rings. The summed E-state index contributed by atoms with van der Waals surface area (Å²) in [4.78, 5) is 42.1. The molecule has 8 rings (SSSR count). The van der Waals surface area contributed by atoms with Crippen molar-refractivity contribution in [3.63, 3.8) is 0 Å². The number of aryl methyl sites for hydroxylation is 1. The summed E-state index contributed by atoms with van der Waals surface area (Å²) in [5, 5.41) is 2.71. The van der Waals surface area contributed by atoms with E-state index in [-0.39, 0.29) is 17.2 Å². The van der Waals surface area contributed by atoms with Crippen LogP contribution in [0.5, 0.6) is 0 Å². The molecule has 6 heterocycles. The number of fused-ring (bicyclic) bond motifs is 6. The lowest BCUT2D eigenvalue weighted by Crippen LogP contribution is -2.50. The largest absolute Gasteiger partial charge is 0.437 e.